The Labute approximate surface area is 398 Å². The molecule has 18 heteroatoms. The summed E-state index contributed by atoms with van der Waals surface area (Å²) < 4.78 is 10.8. The molecule has 0 bridgehead atoms. The van der Waals surface area contributed by atoms with Crippen LogP contribution in [0.25, 0.3) is 0 Å². The van der Waals surface area contributed by atoms with Crippen molar-refractivity contribution in [3.63, 3.8) is 0 Å². The number of fused-ring (bicyclic) bond motifs is 2. The average molecular weight is 935 g/mol. The molecule has 2 atom stereocenters. The zero-order valence-corrected chi connectivity index (χ0v) is 40.6. The van der Waals surface area contributed by atoms with Gasteiger partial charge in [-0.15, -0.1) is 0 Å². The molecule has 2 fully saturated rings. The Hall–Kier alpha value is -6.72. The van der Waals surface area contributed by atoms with Gasteiger partial charge in [0.15, 0.2) is 11.6 Å². The van der Waals surface area contributed by atoms with Crippen molar-refractivity contribution in [1.29, 1.82) is 0 Å². The van der Waals surface area contributed by atoms with Gasteiger partial charge in [0.2, 0.25) is 23.7 Å². The molecule has 2 aromatic carbocycles. The van der Waals surface area contributed by atoms with Crippen LogP contribution in [0.5, 0.6) is 11.5 Å². The van der Waals surface area contributed by atoms with Crippen molar-refractivity contribution in [2.45, 2.75) is 117 Å². The summed E-state index contributed by atoms with van der Waals surface area (Å²) in [7, 11) is 6.56. The standard InChI is InChI=1S/2C25H33N5O4/c2*1-5-25(2)15-30(17-9-7-6-8-10-17)21-19(29(3)23(25)33)14-26-24(28-21)27-18-12-11-16(22(31)32)13-20(18)34-4/h2*11-14,17H,5-10,15H2,1-4H3,(H,31,32)(H,26,27,28)/t2*25-/m10/s1. The normalized spacial score (nSPS) is 21.1. The number of amides is 2. The van der Waals surface area contributed by atoms with Gasteiger partial charge in [0, 0.05) is 39.3 Å². The summed E-state index contributed by atoms with van der Waals surface area (Å²) in [5.74, 6) is 1.08. The lowest BCUT2D eigenvalue weighted by molar-refractivity contribution is -0.127. The molecule has 364 valence electrons. The number of methoxy groups -OCH3 is 2. The fourth-order valence-electron chi connectivity index (χ4n) is 9.83. The molecule has 2 saturated carbocycles. The highest BCUT2D eigenvalue weighted by molar-refractivity contribution is 6.02. The van der Waals surface area contributed by atoms with Crippen molar-refractivity contribution in [3.05, 3.63) is 59.9 Å². The first-order valence-electron chi connectivity index (χ1n) is 23.7. The number of hydrogen-bond acceptors (Lipinski definition) is 14. The number of nitrogens with zero attached hydrogens (tertiary/aromatic N) is 8. The van der Waals surface area contributed by atoms with Crippen LogP contribution in [0.3, 0.4) is 0 Å². The van der Waals surface area contributed by atoms with Crippen LogP contribution in [0.1, 0.15) is 125 Å². The zero-order valence-electron chi connectivity index (χ0n) is 40.6. The second-order valence-corrected chi connectivity index (χ2v) is 18.9. The van der Waals surface area contributed by atoms with E-state index in [1.165, 1.54) is 77.0 Å². The molecule has 2 aliphatic heterocycles. The maximum Gasteiger partial charge on any atom is 0.335 e. The summed E-state index contributed by atoms with van der Waals surface area (Å²) in [6.45, 7) is 9.41. The lowest BCUT2D eigenvalue weighted by Crippen LogP contribution is -2.47. The predicted octanol–water partition coefficient (Wildman–Crippen LogP) is 8.92. The van der Waals surface area contributed by atoms with Crippen molar-refractivity contribution in [2.75, 3.05) is 71.6 Å². The molecule has 0 saturated heterocycles. The zero-order chi connectivity index (χ0) is 48.9. The molecule has 2 aliphatic carbocycles. The van der Waals surface area contributed by atoms with E-state index in [1.54, 1.807) is 48.4 Å². The summed E-state index contributed by atoms with van der Waals surface area (Å²) in [5.41, 5.74) is 1.76. The number of ether oxygens (including phenoxy) is 2. The van der Waals surface area contributed by atoms with E-state index in [0.29, 0.717) is 71.3 Å². The lowest BCUT2D eigenvalue weighted by atomic mass is 9.84. The third-order valence-electron chi connectivity index (χ3n) is 14.4. The SMILES string of the molecule is CC[C@@]1(C)CN(C2CCCCC2)c2nc(Nc3ccc(C(=O)O)cc3OC)ncc2N(C)C1=O.CC[C@]1(C)CN(C2CCCCC2)c2nc(Nc3ccc(C(=O)O)cc3OC)ncc2N(C)C1=O. The molecular formula is C50H66N10O8. The maximum absolute atomic E-state index is 13.4. The molecule has 4 heterocycles. The van der Waals surface area contributed by atoms with E-state index in [2.05, 4.69) is 44.2 Å². The molecule has 18 nitrogen and oxygen atoms in total. The molecule has 8 rings (SSSR count). The average Bonchev–Trinajstić information content (AvgIpc) is 3.50. The van der Waals surface area contributed by atoms with Gasteiger partial charge in [-0.3, -0.25) is 9.59 Å². The molecule has 0 unspecified atom stereocenters. The second kappa shape index (κ2) is 20.7. The Balaban J connectivity index is 0.000000201. The molecule has 4 aromatic rings. The molecular weight excluding hydrogens is 869 g/mol. The van der Waals surface area contributed by atoms with E-state index in [4.69, 9.17) is 19.4 Å². The van der Waals surface area contributed by atoms with Crippen LogP contribution in [-0.2, 0) is 9.59 Å². The molecule has 2 aromatic heterocycles. The Bertz CT molecular complexity index is 2340. The lowest BCUT2D eigenvalue weighted by Gasteiger charge is -2.38. The molecule has 4 N–H and O–H groups in total. The Kier molecular flexibility index (Phi) is 14.9. The number of carboxylic acid groups (broad SMARTS) is 2. The van der Waals surface area contributed by atoms with E-state index in [9.17, 15) is 29.4 Å². The smallest absolute Gasteiger partial charge is 0.335 e. The maximum atomic E-state index is 13.4. The van der Waals surface area contributed by atoms with Crippen LogP contribution in [0.4, 0.5) is 46.3 Å². The highest BCUT2D eigenvalue weighted by Crippen LogP contribution is 2.44. The van der Waals surface area contributed by atoms with Crippen LogP contribution in [0.15, 0.2) is 48.8 Å². The number of hydrogen-bond donors (Lipinski definition) is 4. The molecule has 68 heavy (non-hydrogen) atoms. The molecule has 0 radical (unpaired) electrons. The van der Waals surface area contributed by atoms with Gasteiger partial charge in [0.05, 0.1) is 59.9 Å². The first kappa shape index (κ1) is 49.2. The summed E-state index contributed by atoms with van der Waals surface area (Å²) in [5, 5.41) is 24.9. The minimum Gasteiger partial charge on any atom is -0.495 e. The minimum atomic E-state index is -1.03. The van der Waals surface area contributed by atoms with Crippen molar-refractivity contribution < 1.29 is 38.9 Å². The van der Waals surface area contributed by atoms with Gasteiger partial charge in [0.1, 0.15) is 22.9 Å². The van der Waals surface area contributed by atoms with Crippen molar-refractivity contribution in [3.8, 4) is 11.5 Å². The number of carbonyl (C=O) groups excluding carboxylic acids is 2. The number of aromatic nitrogens is 4. The van der Waals surface area contributed by atoms with Crippen molar-refractivity contribution in [2.24, 2.45) is 10.8 Å². The molecule has 0 spiro atoms. The number of carbonyl (C=O) groups is 4. The first-order valence-corrected chi connectivity index (χ1v) is 23.7. The summed E-state index contributed by atoms with van der Waals surface area (Å²) in [6, 6.07) is 9.85. The largest absolute Gasteiger partial charge is 0.495 e. The quantitative estimate of drug-likeness (QED) is 0.104. The van der Waals surface area contributed by atoms with Gasteiger partial charge < -0.3 is 49.9 Å². The van der Waals surface area contributed by atoms with Crippen molar-refractivity contribution >= 4 is 70.0 Å². The van der Waals surface area contributed by atoms with Gasteiger partial charge in [-0.25, -0.2) is 19.6 Å². The van der Waals surface area contributed by atoms with E-state index in [1.807, 2.05) is 13.8 Å². The number of rotatable bonds is 12. The predicted molar refractivity (Wildman–Crippen MR) is 263 cm³/mol. The van der Waals surface area contributed by atoms with Gasteiger partial charge in [0.25, 0.3) is 0 Å². The van der Waals surface area contributed by atoms with E-state index in [-0.39, 0.29) is 22.9 Å². The fourth-order valence-corrected chi connectivity index (χ4v) is 9.83. The monoisotopic (exact) mass is 935 g/mol. The summed E-state index contributed by atoms with van der Waals surface area (Å²) >= 11 is 0. The van der Waals surface area contributed by atoms with E-state index in [0.717, 1.165) is 50.2 Å². The summed E-state index contributed by atoms with van der Waals surface area (Å²) in [4.78, 5) is 76.2. The van der Waals surface area contributed by atoms with Crippen LogP contribution in [0, 0.1) is 10.8 Å². The van der Waals surface area contributed by atoms with Crippen molar-refractivity contribution in [1.82, 2.24) is 19.9 Å². The number of anilines is 8. The highest BCUT2D eigenvalue weighted by Gasteiger charge is 2.45. The molecule has 2 amide bonds. The minimum absolute atomic E-state index is 0.0739. The third-order valence-corrected chi connectivity index (χ3v) is 14.4. The van der Waals surface area contributed by atoms with Gasteiger partial charge in [-0.2, -0.15) is 9.97 Å². The number of aromatic carboxylic acids is 2. The Morgan fingerprint density at radius 2 is 1.01 bits per heavy atom. The number of nitrogens with one attached hydrogen (secondary N) is 2. The Morgan fingerprint density at radius 3 is 1.34 bits per heavy atom. The van der Waals surface area contributed by atoms with E-state index >= 15 is 0 Å². The number of benzene rings is 2. The van der Waals surface area contributed by atoms with Gasteiger partial charge in [-0.05, 0) is 88.8 Å². The fraction of sp³-hybridized carbons (Fsp3) is 0.520. The molecule has 4 aliphatic rings. The van der Waals surface area contributed by atoms with Crippen LogP contribution < -0.4 is 39.7 Å². The first-order chi connectivity index (χ1) is 32.5. The third kappa shape index (κ3) is 10.1. The van der Waals surface area contributed by atoms with Gasteiger partial charge >= 0.3 is 11.9 Å². The van der Waals surface area contributed by atoms with Gasteiger partial charge in [-0.1, -0.05) is 52.4 Å². The van der Waals surface area contributed by atoms with Crippen LogP contribution in [0.2, 0.25) is 0 Å². The van der Waals surface area contributed by atoms with Crippen LogP contribution >= 0.6 is 0 Å². The highest BCUT2D eigenvalue weighted by atomic mass is 16.5. The summed E-state index contributed by atoms with van der Waals surface area (Å²) in [6.07, 6.45) is 16.3. The van der Waals surface area contributed by atoms with E-state index < -0.39 is 22.8 Å². The Morgan fingerprint density at radius 1 is 0.647 bits per heavy atom. The second-order valence-electron chi connectivity index (χ2n) is 18.9. The van der Waals surface area contributed by atoms with Crippen LogP contribution in [-0.4, -0.2) is 107 Å². The number of carboxylic acids is 2. The topological polar surface area (TPSA) is 216 Å².